The van der Waals surface area contributed by atoms with Crippen molar-refractivity contribution in [3.05, 3.63) is 42.1 Å². The second kappa shape index (κ2) is 9.49. The Bertz CT molecular complexity index is 1020. The summed E-state index contributed by atoms with van der Waals surface area (Å²) in [5.41, 5.74) is 3.47. The van der Waals surface area contributed by atoms with Crippen molar-refractivity contribution in [3.8, 4) is 11.1 Å². The zero-order chi connectivity index (χ0) is 22.0. The van der Waals surface area contributed by atoms with Crippen LogP contribution in [0.3, 0.4) is 0 Å². The fourth-order valence-electron chi connectivity index (χ4n) is 5.38. The number of piperidine rings is 1. The van der Waals surface area contributed by atoms with Crippen LogP contribution in [0, 0.1) is 0 Å². The van der Waals surface area contributed by atoms with Crippen LogP contribution in [-0.2, 0) is 10.0 Å². The monoisotopic (exact) mass is 454 g/mol. The zero-order valence-electron chi connectivity index (χ0n) is 18.8. The maximum Gasteiger partial charge on any atom is 0.243 e. The van der Waals surface area contributed by atoms with E-state index in [-0.39, 0.29) is 0 Å². The Labute approximate surface area is 192 Å². The SMILES string of the molecule is O=S(=O)(c1ccc(-c2cnc(N3CCNCC3)c(C3CCCC3)c2)cc1)N1CCCCC1. The molecule has 2 saturated heterocycles. The average Bonchev–Trinajstić information content (AvgIpc) is 3.40. The number of hydrogen-bond acceptors (Lipinski definition) is 5. The summed E-state index contributed by atoms with van der Waals surface area (Å²) in [6.07, 6.45) is 10.0. The molecule has 3 heterocycles. The second-order valence-corrected chi connectivity index (χ2v) is 11.3. The summed E-state index contributed by atoms with van der Waals surface area (Å²) < 4.78 is 27.6. The highest BCUT2D eigenvalue weighted by atomic mass is 32.2. The first-order valence-corrected chi connectivity index (χ1v) is 13.6. The minimum atomic E-state index is -3.40. The first-order valence-electron chi connectivity index (χ1n) is 12.2. The number of sulfonamides is 1. The summed E-state index contributed by atoms with van der Waals surface area (Å²) in [5.74, 6) is 1.72. The summed E-state index contributed by atoms with van der Waals surface area (Å²) in [4.78, 5) is 7.75. The van der Waals surface area contributed by atoms with E-state index in [1.54, 1.807) is 16.4 Å². The van der Waals surface area contributed by atoms with Gasteiger partial charge in [-0.05, 0) is 60.9 Å². The molecule has 0 radical (unpaired) electrons. The molecule has 1 aromatic carbocycles. The Kier molecular flexibility index (Phi) is 6.49. The van der Waals surface area contributed by atoms with Gasteiger partial charge in [0.2, 0.25) is 10.0 Å². The predicted molar refractivity (Wildman–Crippen MR) is 129 cm³/mol. The fraction of sp³-hybridized carbons (Fsp3) is 0.560. The normalized spacial score (nSPS) is 21.2. The molecule has 3 aliphatic rings. The first kappa shape index (κ1) is 21.9. The highest BCUT2D eigenvalue weighted by Gasteiger charge is 2.27. The molecule has 3 fully saturated rings. The van der Waals surface area contributed by atoms with Crippen LogP contribution in [-0.4, -0.2) is 57.0 Å². The van der Waals surface area contributed by atoms with Crippen LogP contribution in [0.25, 0.3) is 11.1 Å². The molecule has 0 bridgehead atoms. The highest BCUT2D eigenvalue weighted by Crippen LogP contribution is 2.40. The smallest absolute Gasteiger partial charge is 0.243 e. The van der Waals surface area contributed by atoms with Gasteiger partial charge in [-0.15, -0.1) is 0 Å². The van der Waals surface area contributed by atoms with E-state index in [1.165, 1.54) is 31.2 Å². The second-order valence-electron chi connectivity index (χ2n) is 9.34. The van der Waals surface area contributed by atoms with Crippen molar-refractivity contribution in [2.75, 3.05) is 44.2 Å². The summed E-state index contributed by atoms with van der Waals surface area (Å²) in [6, 6.07) is 9.72. The van der Waals surface area contributed by atoms with E-state index in [9.17, 15) is 8.42 Å². The van der Waals surface area contributed by atoms with Crippen molar-refractivity contribution < 1.29 is 8.42 Å². The van der Waals surface area contributed by atoms with Gasteiger partial charge in [0.15, 0.2) is 0 Å². The molecule has 0 amide bonds. The molecule has 2 aliphatic heterocycles. The Morgan fingerprint density at radius 1 is 0.844 bits per heavy atom. The summed E-state index contributed by atoms with van der Waals surface area (Å²) in [7, 11) is -3.40. The standard InChI is InChI=1S/C25H34N4O2S/c30-32(31,29-14-4-1-5-15-29)23-10-8-20(9-11-23)22-18-24(21-6-2-3-7-21)25(27-19-22)28-16-12-26-13-17-28/h8-11,18-19,21,26H,1-7,12-17H2. The Morgan fingerprint density at radius 3 is 2.22 bits per heavy atom. The Morgan fingerprint density at radius 2 is 1.53 bits per heavy atom. The maximum absolute atomic E-state index is 13.0. The van der Waals surface area contributed by atoms with Crippen LogP contribution in [0.4, 0.5) is 5.82 Å². The third kappa shape index (κ3) is 4.43. The molecular formula is C25H34N4O2S. The molecule has 172 valence electrons. The van der Waals surface area contributed by atoms with E-state index in [0.717, 1.165) is 62.4 Å². The first-order chi connectivity index (χ1) is 15.6. The molecule has 1 aromatic heterocycles. The third-order valence-corrected chi connectivity index (χ3v) is 9.16. The number of aromatic nitrogens is 1. The largest absolute Gasteiger partial charge is 0.354 e. The van der Waals surface area contributed by atoms with Crippen molar-refractivity contribution in [2.24, 2.45) is 0 Å². The van der Waals surface area contributed by atoms with Gasteiger partial charge in [-0.2, -0.15) is 4.31 Å². The molecule has 32 heavy (non-hydrogen) atoms. The third-order valence-electron chi connectivity index (χ3n) is 7.25. The van der Waals surface area contributed by atoms with Crippen LogP contribution in [0.2, 0.25) is 0 Å². The zero-order valence-corrected chi connectivity index (χ0v) is 19.6. The minimum Gasteiger partial charge on any atom is -0.354 e. The Hall–Kier alpha value is -1.96. The predicted octanol–water partition coefficient (Wildman–Crippen LogP) is 3.99. The number of piperazine rings is 1. The van der Waals surface area contributed by atoms with Crippen LogP contribution >= 0.6 is 0 Å². The molecular weight excluding hydrogens is 420 g/mol. The topological polar surface area (TPSA) is 65.5 Å². The van der Waals surface area contributed by atoms with E-state index in [1.807, 2.05) is 18.3 Å². The van der Waals surface area contributed by atoms with Gasteiger partial charge in [-0.25, -0.2) is 13.4 Å². The molecule has 0 atom stereocenters. The van der Waals surface area contributed by atoms with E-state index in [2.05, 4.69) is 16.3 Å². The average molecular weight is 455 g/mol. The quantitative estimate of drug-likeness (QED) is 0.740. The molecule has 1 aliphatic carbocycles. The molecule has 2 aromatic rings. The lowest BCUT2D eigenvalue weighted by atomic mass is 9.94. The molecule has 6 nitrogen and oxygen atoms in total. The van der Waals surface area contributed by atoms with E-state index in [4.69, 9.17) is 4.98 Å². The molecule has 7 heteroatoms. The molecule has 1 saturated carbocycles. The van der Waals surface area contributed by atoms with Crippen molar-refractivity contribution >= 4 is 15.8 Å². The number of benzene rings is 1. The number of hydrogen-bond donors (Lipinski definition) is 1. The lowest BCUT2D eigenvalue weighted by Gasteiger charge is -2.31. The van der Waals surface area contributed by atoms with Crippen molar-refractivity contribution in [2.45, 2.75) is 55.8 Å². The minimum absolute atomic E-state index is 0.393. The van der Waals surface area contributed by atoms with Crippen LogP contribution in [0.5, 0.6) is 0 Å². The van der Waals surface area contributed by atoms with Crippen molar-refractivity contribution in [1.29, 1.82) is 0 Å². The lowest BCUT2D eigenvalue weighted by molar-refractivity contribution is 0.346. The number of anilines is 1. The van der Waals surface area contributed by atoms with Gasteiger partial charge in [0, 0.05) is 51.0 Å². The fourth-order valence-corrected chi connectivity index (χ4v) is 6.90. The van der Waals surface area contributed by atoms with E-state index in [0.29, 0.717) is 23.9 Å². The van der Waals surface area contributed by atoms with Gasteiger partial charge >= 0.3 is 0 Å². The Balaban J connectivity index is 1.43. The summed E-state index contributed by atoms with van der Waals surface area (Å²) >= 11 is 0. The highest BCUT2D eigenvalue weighted by molar-refractivity contribution is 7.89. The van der Waals surface area contributed by atoms with Gasteiger partial charge < -0.3 is 10.2 Å². The lowest BCUT2D eigenvalue weighted by Crippen LogP contribution is -2.44. The van der Waals surface area contributed by atoms with Crippen LogP contribution in [0.1, 0.15) is 56.4 Å². The molecule has 0 spiro atoms. The van der Waals surface area contributed by atoms with Gasteiger partial charge in [-0.1, -0.05) is 31.4 Å². The molecule has 0 unspecified atom stereocenters. The number of nitrogens with one attached hydrogen (secondary N) is 1. The van der Waals surface area contributed by atoms with Crippen LogP contribution in [0.15, 0.2) is 41.4 Å². The van der Waals surface area contributed by atoms with Gasteiger partial charge in [0.25, 0.3) is 0 Å². The van der Waals surface area contributed by atoms with Crippen molar-refractivity contribution in [1.82, 2.24) is 14.6 Å². The van der Waals surface area contributed by atoms with E-state index >= 15 is 0 Å². The summed E-state index contributed by atoms with van der Waals surface area (Å²) in [5, 5.41) is 3.43. The van der Waals surface area contributed by atoms with Gasteiger partial charge in [0.05, 0.1) is 4.90 Å². The van der Waals surface area contributed by atoms with Crippen LogP contribution < -0.4 is 10.2 Å². The van der Waals surface area contributed by atoms with Crippen molar-refractivity contribution in [3.63, 3.8) is 0 Å². The van der Waals surface area contributed by atoms with Gasteiger partial charge in [-0.3, -0.25) is 0 Å². The number of nitrogens with zero attached hydrogens (tertiary/aromatic N) is 3. The van der Waals surface area contributed by atoms with Gasteiger partial charge in [0.1, 0.15) is 5.82 Å². The maximum atomic E-state index is 13.0. The summed E-state index contributed by atoms with van der Waals surface area (Å²) in [6.45, 7) is 5.25. The number of rotatable bonds is 5. The molecule has 1 N–H and O–H groups in total. The van der Waals surface area contributed by atoms with E-state index < -0.39 is 10.0 Å². The molecule has 5 rings (SSSR count). The number of pyridine rings is 1.